The van der Waals surface area contributed by atoms with E-state index in [9.17, 15) is 19.5 Å². The maximum absolute atomic E-state index is 12.2. The van der Waals surface area contributed by atoms with Crippen molar-refractivity contribution in [3.63, 3.8) is 0 Å². The van der Waals surface area contributed by atoms with Crippen molar-refractivity contribution in [2.45, 2.75) is 25.3 Å². The molecule has 1 aromatic rings. The zero-order valence-electron chi connectivity index (χ0n) is 11.7. The van der Waals surface area contributed by atoms with E-state index in [0.717, 1.165) is 22.6 Å². The van der Waals surface area contributed by atoms with Crippen LogP contribution in [0.25, 0.3) is 0 Å². The Labute approximate surface area is 122 Å². The number of anilines is 1. The molecule has 2 aliphatic heterocycles. The van der Waals surface area contributed by atoms with Crippen LogP contribution in [0.15, 0.2) is 18.2 Å². The molecule has 2 amide bonds. The van der Waals surface area contributed by atoms with E-state index in [1.165, 1.54) is 7.05 Å². The van der Waals surface area contributed by atoms with Gasteiger partial charge in [0.05, 0.1) is 12.0 Å². The molecule has 0 aliphatic carbocycles. The van der Waals surface area contributed by atoms with E-state index in [1.54, 1.807) is 12.1 Å². The molecular weight excluding hydrogens is 272 g/mol. The maximum Gasteiger partial charge on any atom is 0.336 e. The van der Waals surface area contributed by atoms with Gasteiger partial charge in [0.2, 0.25) is 5.91 Å². The maximum atomic E-state index is 12.2. The Kier molecular flexibility index (Phi) is 3.16. The molecular formula is C15H16N2O4. The van der Waals surface area contributed by atoms with E-state index in [0.29, 0.717) is 13.0 Å². The fraction of sp³-hybridized carbons (Fsp3) is 0.400. The third kappa shape index (κ3) is 2.07. The lowest BCUT2D eigenvalue weighted by Crippen LogP contribution is -2.44. The van der Waals surface area contributed by atoms with Crippen molar-refractivity contribution in [3.05, 3.63) is 29.3 Å². The van der Waals surface area contributed by atoms with Crippen LogP contribution in [0.4, 0.5) is 5.69 Å². The lowest BCUT2D eigenvalue weighted by Gasteiger charge is -2.35. The Bertz CT molecular complexity index is 641. The number of carbonyl (C=O) groups is 3. The molecule has 1 aromatic carbocycles. The summed E-state index contributed by atoms with van der Waals surface area (Å²) in [7, 11) is 1.49. The van der Waals surface area contributed by atoms with Crippen LogP contribution in [-0.2, 0) is 16.0 Å². The number of carboxylic acid groups (broad SMARTS) is 1. The summed E-state index contributed by atoms with van der Waals surface area (Å²) in [6, 6.07) is 4.59. The second-order valence-electron chi connectivity index (χ2n) is 5.42. The minimum absolute atomic E-state index is 0.159. The first kappa shape index (κ1) is 13.6. The molecule has 0 aromatic heterocycles. The number of amides is 2. The Morgan fingerprint density at radius 2 is 2.10 bits per heavy atom. The van der Waals surface area contributed by atoms with Crippen LogP contribution < -0.4 is 4.90 Å². The predicted molar refractivity (Wildman–Crippen MR) is 75.3 cm³/mol. The summed E-state index contributed by atoms with van der Waals surface area (Å²) in [5, 5.41) is 9.28. The zero-order valence-corrected chi connectivity index (χ0v) is 11.7. The van der Waals surface area contributed by atoms with E-state index in [1.807, 2.05) is 11.0 Å². The largest absolute Gasteiger partial charge is 0.478 e. The highest BCUT2D eigenvalue weighted by Gasteiger charge is 2.41. The normalized spacial score (nSPS) is 21.7. The first-order chi connectivity index (χ1) is 10.0. The first-order valence-corrected chi connectivity index (χ1v) is 6.93. The third-order valence-corrected chi connectivity index (χ3v) is 4.25. The molecule has 0 radical (unpaired) electrons. The number of benzene rings is 1. The summed E-state index contributed by atoms with van der Waals surface area (Å²) in [6.07, 6.45) is 1.62. The molecule has 1 atom stereocenters. The molecule has 1 saturated heterocycles. The highest BCUT2D eigenvalue weighted by Crippen LogP contribution is 2.33. The van der Waals surface area contributed by atoms with Crippen LogP contribution in [0.5, 0.6) is 0 Å². The molecule has 3 rings (SSSR count). The van der Waals surface area contributed by atoms with Gasteiger partial charge in [0.1, 0.15) is 6.04 Å². The van der Waals surface area contributed by atoms with Gasteiger partial charge in [0.15, 0.2) is 0 Å². The van der Waals surface area contributed by atoms with Crippen molar-refractivity contribution in [1.82, 2.24) is 4.90 Å². The number of aromatic carboxylic acids is 1. The number of fused-ring (bicyclic) bond motifs is 1. The lowest BCUT2D eigenvalue weighted by atomic mass is 9.94. The highest BCUT2D eigenvalue weighted by molar-refractivity contribution is 6.07. The van der Waals surface area contributed by atoms with E-state index < -0.39 is 12.0 Å². The van der Waals surface area contributed by atoms with Gasteiger partial charge in [0.25, 0.3) is 5.91 Å². The molecule has 21 heavy (non-hydrogen) atoms. The fourth-order valence-electron chi connectivity index (χ4n) is 3.16. The van der Waals surface area contributed by atoms with Crippen molar-refractivity contribution >= 4 is 23.5 Å². The number of nitrogens with zero attached hydrogens (tertiary/aromatic N) is 2. The Morgan fingerprint density at radius 3 is 2.71 bits per heavy atom. The van der Waals surface area contributed by atoms with Crippen molar-refractivity contribution < 1.29 is 19.5 Å². The quantitative estimate of drug-likeness (QED) is 0.818. The molecule has 6 nitrogen and oxygen atoms in total. The lowest BCUT2D eigenvalue weighted by molar-refractivity contribution is -0.136. The van der Waals surface area contributed by atoms with Gasteiger partial charge in [-0.2, -0.15) is 0 Å². The SMILES string of the molecule is CN1C(=O)CC(N2CCCc3c(C(=O)O)cccc32)C1=O. The number of carboxylic acids is 1. The van der Waals surface area contributed by atoms with Gasteiger partial charge in [-0.25, -0.2) is 4.79 Å². The number of imide groups is 1. The van der Waals surface area contributed by atoms with E-state index >= 15 is 0 Å². The van der Waals surface area contributed by atoms with Gasteiger partial charge >= 0.3 is 5.97 Å². The number of likely N-dealkylation sites (N-methyl/N-ethyl adjacent to an activating group) is 1. The Hall–Kier alpha value is -2.37. The monoisotopic (exact) mass is 288 g/mol. The molecule has 0 saturated carbocycles. The second-order valence-corrected chi connectivity index (χ2v) is 5.42. The van der Waals surface area contributed by atoms with Crippen molar-refractivity contribution in [2.75, 3.05) is 18.5 Å². The second kappa shape index (κ2) is 4.87. The van der Waals surface area contributed by atoms with Crippen LogP contribution in [0.1, 0.15) is 28.8 Å². The molecule has 0 bridgehead atoms. The standard InChI is InChI=1S/C15H16N2O4/c1-16-13(18)8-12(14(16)19)17-7-3-5-9-10(15(20)21)4-2-6-11(9)17/h2,4,6,12H,3,5,7-8H2,1H3,(H,20,21). The smallest absolute Gasteiger partial charge is 0.336 e. The van der Waals surface area contributed by atoms with Crippen molar-refractivity contribution in [2.24, 2.45) is 0 Å². The summed E-state index contributed by atoms with van der Waals surface area (Å²) < 4.78 is 0. The average molecular weight is 288 g/mol. The minimum atomic E-state index is -0.959. The van der Waals surface area contributed by atoms with Gasteiger partial charge in [-0.05, 0) is 30.5 Å². The number of hydrogen-bond donors (Lipinski definition) is 1. The molecule has 1 fully saturated rings. The van der Waals surface area contributed by atoms with Gasteiger partial charge in [-0.15, -0.1) is 0 Å². The van der Waals surface area contributed by atoms with Crippen LogP contribution in [0, 0.1) is 0 Å². The van der Waals surface area contributed by atoms with Crippen LogP contribution in [-0.4, -0.2) is 47.4 Å². The molecule has 1 unspecified atom stereocenters. The van der Waals surface area contributed by atoms with Gasteiger partial charge in [0, 0.05) is 19.3 Å². The van der Waals surface area contributed by atoms with Gasteiger partial charge in [-0.1, -0.05) is 6.07 Å². The van der Waals surface area contributed by atoms with E-state index in [4.69, 9.17) is 0 Å². The average Bonchev–Trinajstić information content (AvgIpc) is 2.73. The summed E-state index contributed by atoms with van der Waals surface area (Å²) in [5.41, 5.74) is 1.80. The number of carbonyl (C=O) groups excluding carboxylic acids is 2. The van der Waals surface area contributed by atoms with Crippen LogP contribution in [0.2, 0.25) is 0 Å². The highest BCUT2D eigenvalue weighted by atomic mass is 16.4. The predicted octanol–water partition coefficient (Wildman–Crippen LogP) is 0.895. The Morgan fingerprint density at radius 1 is 1.33 bits per heavy atom. The molecule has 2 aliphatic rings. The summed E-state index contributed by atoms with van der Waals surface area (Å²) in [4.78, 5) is 38.3. The molecule has 1 N–H and O–H groups in total. The molecule has 2 heterocycles. The van der Waals surface area contributed by atoms with Crippen LogP contribution >= 0.6 is 0 Å². The van der Waals surface area contributed by atoms with E-state index in [-0.39, 0.29) is 23.8 Å². The van der Waals surface area contributed by atoms with Gasteiger partial charge in [-0.3, -0.25) is 14.5 Å². The molecule has 0 spiro atoms. The molecule has 6 heteroatoms. The van der Waals surface area contributed by atoms with Crippen molar-refractivity contribution in [1.29, 1.82) is 0 Å². The third-order valence-electron chi connectivity index (χ3n) is 4.25. The van der Waals surface area contributed by atoms with Gasteiger partial charge < -0.3 is 10.0 Å². The zero-order chi connectivity index (χ0) is 15.1. The van der Waals surface area contributed by atoms with Crippen LogP contribution in [0.3, 0.4) is 0 Å². The van der Waals surface area contributed by atoms with Crippen molar-refractivity contribution in [3.8, 4) is 0 Å². The number of likely N-dealkylation sites (tertiary alicyclic amines) is 1. The first-order valence-electron chi connectivity index (χ1n) is 6.93. The topological polar surface area (TPSA) is 77.9 Å². The summed E-state index contributed by atoms with van der Waals surface area (Å²) in [5.74, 6) is -1.36. The number of rotatable bonds is 2. The summed E-state index contributed by atoms with van der Waals surface area (Å²) in [6.45, 7) is 0.660. The fourth-order valence-corrected chi connectivity index (χ4v) is 3.16. The Balaban J connectivity index is 2.02. The molecule has 110 valence electrons. The minimum Gasteiger partial charge on any atom is -0.478 e. The van der Waals surface area contributed by atoms with E-state index in [2.05, 4.69) is 0 Å². The number of hydrogen-bond acceptors (Lipinski definition) is 4. The summed E-state index contributed by atoms with van der Waals surface area (Å²) >= 11 is 0.